The number of aromatic hydroxyl groups is 1. The number of nitrogen functional groups attached to an aromatic ring is 1. The van der Waals surface area contributed by atoms with E-state index in [9.17, 15) is 21.9 Å². The minimum absolute atomic E-state index is 0.0752. The normalized spacial score (nSPS) is 12.8. The van der Waals surface area contributed by atoms with E-state index in [1.807, 2.05) is 0 Å². The van der Waals surface area contributed by atoms with E-state index in [0.29, 0.717) is 0 Å². The molecule has 114 valence electrons. The van der Waals surface area contributed by atoms with Crippen LogP contribution in [0.15, 0.2) is 23.1 Å². The van der Waals surface area contributed by atoms with E-state index in [2.05, 4.69) is 4.72 Å². The molecule has 1 aromatic carbocycles. The van der Waals surface area contributed by atoms with Gasteiger partial charge in [-0.25, -0.2) is 25.9 Å². The van der Waals surface area contributed by atoms with Gasteiger partial charge in [0.25, 0.3) is 0 Å². The summed E-state index contributed by atoms with van der Waals surface area (Å²) in [7, 11) is -4.62. The van der Waals surface area contributed by atoms with E-state index in [-0.39, 0.29) is 28.6 Å². The number of hydrogen-bond acceptors (Lipinski definition) is 6. The van der Waals surface area contributed by atoms with Crippen molar-refractivity contribution in [2.45, 2.75) is 4.90 Å². The van der Waals surface area contributed by atoms with Crippen LogP contribution in [0.4, 0.5) is 5.69 Å². The molecule has 0 aromatic heterocycles. The summed E-state index contributed by atoms with van der Waals surface area (Å²) in [4.78, 5) is -0.143. The fourth-order valence-electron chi connectivity index (χ4n) is 1.27. The zero-order valence-electron chi connectivity index (χ0n) is 11.1. The molecule has 4 N–H and O–H groups in total. The average Bonchev–Trinajstić information content (AvgIpc) is 2.31. The molecule has 10 heteroatoms. The van der Waals surface area contributed by atoms with E-state index in [0.717, 1.165) is 16.4 Å². The van der Waals surface area contributed by atoms with Crippen LogP contribution in [-0.2, 0) is 20.0 Å². The first-order valence-corrected chi connectivity index (χ1v) is 8.64. The zero-order valence-corrected chi connectivity index (χ0v) is 12.7. The number of benzene rings is 1. The van der Waals surface area contributed by atoms with Crippen molar-refractivity contribution in [3.05, 3.63) is 18.2 Å². The van der Waals surface area contributed by atoms with Gasteiger partial charge in [0.1, 0.15) is 5.75 Å². The number of nitrogens with zero attached hydrogens (tertiary/aromatic N) is 1. The third-order valence-electron chi connectivity index (χ3n) is 2.52. The largest absolute Gasteiger partial charge is 0.506 e. The summed E-state index contributed by atoms with van der Waals surface area (Å²) in [5, 5.41) is 9.23. The Hall–Kier alpha value is -1.36. The Morgan fingerprint density at radius 3 is 2.35 bits per heavy atom. The first kappa shape index (κ1) is 16.7. The second-order valence-corrected chi connectivity index (χ2v) is 8.29. The Bertz CT molecular complexity index is 683. The summed E-state index contributed by atoms with van der Waals surface area (Å²) >= 11 is 0. The van der Waals surface area contributed by atoms with Gasteiger partial charge in [-0.3, -0.25) is 0 Å². The Morgan fingerprint density at radius 1 is 1.25 bits per heavy atom. The Balaban J connectivity index is 2.79. The Morgan fingerprint density at radius 2 is 1.85 bits per heavy atom. The minimum Gasteiger partial charge on any atom is -0.506 e. The number of anilines is 1. The lowest BCUT2D eigenvalue weighted by molar-refractivity contribution is 0.477. The highest BCUT2D eigenvalue weighted by atomic mass is 32.2. The number of hydrogen-bond donors (Lipinski definition) is 3. The van der Waals surface area contributed by atoms with Crippen molar-refractivity contribution < 1.29 is 21.9 Å². The molecule has 20 heavy (non-hydrogen) atoms. The standard InChI is InChI=1S/C10H17N3O5S2/c1-13(2)19(15,16)6-5-12-20(17,18)8-3-4-10(14)9(11)7-8/h3-4,7,12,14H,5-6,11H2,1-2H3. The van der Waals surface area contributed by atoms with Gasteiger partial charge in [-0.05, 0) is 18.2 Å². The predicted molar refractivity (Wildman–Crippen MR) is 75.2 cm³/mol. The van der Waals surface area contributed by atoms with E-state index in [4.69, 9.17) is 5.73 Å². The quantitative estimate of drug-likeness (QED) is 0.461. The van der Waals surface area contributed by atoms with Crippen LogP contribution in [0, 0.1) is 0 Å². The summed E-state index contributed by atoms with van der Waals surface area (Å²) < 4.78 is 49.9. The van der Waals surface area contributed by atoms with Crippen LogP contribution in [0.1, 0.15) is 0 Å². The minimum atomic E-state index is -3.87. The number of phenols is 1. The lowest BCUT2D eigenvalue weighted by Crippen LogP contribution is -2.33. The maximum Gasteiger partial charge on any atom is 0.240 e. The van der Waals surface area contributed by atoms with Gasteiger partial charge >= 0.3 is 0 Å². The monoisotopic (exact) mass is 323 g/mol. The molecule has 0 amide bonds. The fourth-order valence-corrected chi connectivity index (χ4v) is 3.19. The third-order valence-corrected chi connectivity index (χ3v) is 5.81. The van der Waals surface area contributed by atoms with Gasteiger partial charge in [0.2, 0.25) is 20.0 Å². The van der Waals surface area contributed by atoms with E-state index in [1.54, 1.807) is 0 Å². The van der Waals surface area contributed by atoms with Crippen LogP contribution in [0.25, 0.3) is 0 Å². The molecular formula is C10H17N3O5S2. The van der Waals surface area contributed by atoms with Gasteiger partial charge in [-0.1, -0.05) is 0 Å². The van der Waals surface area contributed by atoms with Crippen LogP contribution in [-0.4, -0.2) is 52.6 Å². The second-order valence-electron chi connectivity index (χ2n) is 4.22. The molecule has 0 bridgehead atoms. The lowest BCUT2D eigenvalue weighted by atomic mass is 10.3. The molecule has 0 spiro atoms. The third kappa shape index (κ3) is 4.07. The molecule has 0 fully saturated rings. The van der Waals surface area contributed by atoms with Crippen LogP contribution < -0.4 is 10.5 Å². The molecule has 1 aromatic rings. The first-order chi connectivity index (χ1) is 9.06. The Labute approximate surface area is 118 Å². The van der Waals surface area contributed by atoms with Crippen molar-refractivity contribution >= 4 is 25.7 Å². The second kappa shape index (κ2) is 5.95. The molecule has 0 radical (unpaired) electrons. The van der Waals surface area contributed by atoms with E-state index in [1.165, 1.54) is 20.2 Å². The molecule has 1 rings (SSSR count). The molecular weight excluding hydrogens is 306 g/mol. The highest BCUT2D eigenvalue weighted by Gasteiger charge is 2.18. The molecule has 0 saturated carbocycles. The molecule has 0 atom stereocenters. The predicted octanol–water partition coefficient (Wildman–Crippen LogP) is -0.856. The molecule has 8 nitrogen and oxygen atoms in total. The Kier molecular flexibility index (Phi) is 4.97. The van der Waals surface area contributed by atoms with Crippen LogP contribution in [0.3, 0.4) is 0 Å². The summed E-state index contributed by atoms with van der Waals surface area (Å²) in [6.07, 6.45) is 0. The number of sulfonamides is 2. The van der Waals surface area contributed by atoms with Gasteiger partial charge in [0, 0.05) is 20.6 Å². The van der Waals surface area contributed by atoms with Crippen LogP contribution in [0.5, 0.6) is 5.75 Å². The van der Waals surface area contributed by atoms with Crippen molar-refractivity contribution in [1.29, 1.82) is 0 Å². The van der Waals surface area contributed by atoms with Crippen LogP contribution >= 0.6 is 0 Å². The van der Waals surface area contributed by atoms with Crippen molar-refractivity contribution in [2.24, 2.45) is 0 Å². The van der Waals surface area contributed by atoms with Gasteiger partial charge in [0.05, 0.1) is 16.3 Å². The van der Waals surface area contributed by atoms with Crippen molar-refractivity contribution in [3.63, 3.8) is 0 Å². The summed E-state index contributed by atoms with van der Waals surface area (Å²) in [5.41, 5.74) is 5.33. The lowest BCUT2D eigenvalue weighted by Gasteiger charge is -2.12. The van der Waals surface area contributed by atoms with Crippen LogP contribution in [0.2, 0.25) is 0 Å². The van der Waals surface area contributed by atoms with E-state index >= 15 is 0 Å². The number of nitrogens with one attached hydrogen (secondary N) is 1. The summed E-state index contributed by atoms with van der Waals surface area (Å²) in [5.74, 6) is -0.577. The molecule has 0 heterocycles. The van der Waals surface area contributed by atoms with Gasteiger partial charge in [-0.15, -0.1) is 0 Å². The van der Waals surface area contributed by atoms with Gasteiger partial charge in [0.15, 0.2) is 0 Å². The van der Waals surface area contributed by atoms with Crippen molar-refractivity contribution in [2.75, 3.05) is 32.1 Å². The average molecular weight is 323 g/mol. The van der Waals surface area contributed by atoms with Crippen molar-refractivity contribution in [3.8, 4) is 5.75 Å². The molecule has 0 saturated heterocycles. The number of rotatable bonds is 6. The van der Waals surface area contributed by atoms with Gasteiger partial charge < -0.3 is 10.8 Å². The zero-order chi connectivity index (χ0) is 15.6. The van der Waals surface area contributed by atoms with Crippen molar-refractivity contribution in [1.82, 2.24) is 9.03 Å². The highest BCUT2D eigenvalue weighted by Crippen LogP contribution is 2.22. The first-order valence-electron chi connectivity index (χ1n) is 5.54. The summed E-state index contributed by atoms with van der Waals surface area (Å²) in [6.45, 7) is -0.260. The highest BCUT2D eigenvalue weighted by molar-refractivity contribution is 7.90. The molecule has 0 aliphatic carbocycles. The van der Waals surface area contributed by atoms with E-state index < -0.39 is 20.0 Å². The number of phenolic OH excluding ortho intramolecular Hbond substituents is 1. The number of nitrogens with two attached hydrogens (primary N) is 1. The molecule has 0 aliphatic heterocycles. The van der Waals surface area contributed by atoms with Gasteiger partial charge in [-0.2, -0.15) is 0 Å². The fraction of sp³-hybridized carbons (Fsp3) is 0.400. The maximum atomic E-state index is 11.9. The maximum absolute atomic E-state index is 11.9. The smallest absolute Gasteiger partial charge is 0.240 e. The molecule has 0 aliphatic rings. The summed E-state index contributed by atoms with van der Waals surface area (Å²) in [6, 6.07) is 3.42. The SMILES string of the molecule is CN(C)S(=O)(=O)CCNS(=O)(=O)c1ccc(O)c(N)c1. The molecule has 0 unspecified atom stereocenters. The topological polar surface area (TPSA) is 130 Å².